The molecule has 0 aromatic heterocycles. The minimum absolute atomic E-state index is 0.0984. The van der Waals surface area contributed by atoms with Crippen LogP contribution in [0.3, 0.4) is 0 Å². The Morgan fingerprint density at radius 3 is 2.60 bits per heavy atom. The number of fused-ring (bicyclic) bond motifs is 1. The molecule has 2 heterocycles. The van der Waals surface area contributed by atoms with Gasteiger partial charge in [-0.05, 0) is 50.8 Å². The summed E-state index contributed by atoms with van der Waals surface area (Å²) in [6.07, 6.45) is 5.63. The van der Waals surface area contributed by atoms with Crippen LogP contribution in [0.15, 0.2) is 12.1 Å². The Morgan fingerprint density at radius 1 is 1.08 bits per heavy atom. The number of carbonyl (C=O) groups excluding carboxylic acids is 1. The van der Waals surface area contributed by atoms with Crippen LogP contribution in [0.2, 0.25) is 0 Å². The van der Waals surface area contributed by atoms with Crippen LogP contribution in [-0.2, 0) is 11.2 Å². The second-order valence-corrected chi connectivity index (χ2v) is 7.31. The van der Waals surface area contributed by atoms with Crippen molar-refractivity contribution < 1.29 is 18.0 Å². The minimum Gasteiger partial charge on any atom is -0.345 e. The number of nitrogens with zero attached hydrogens (tertiary/aromatic N) is 2. The number of piperidine rings is 2. The molecule has 0 unspecified atom stereocenters. The number of carbonyl (C=O) groups is 1. The summed E-state index contributed by atoms with van der Waals surface area (Å²) in [7, 11) is 1.71. The lowest BCUT2D eigenvalue weighted by Crippen LogP contribution is -2.51. The molecule has 0 aliphatic carbocycles. The predicted octanol–water partition coefficient (Wildman–Crippen LogP) is 3.37. The molecule has 2 aliphatic rings. The van der Waals surface area contributed by atoms with Gasteiger partial charge in [0, 0.05) is 31.3 Å². The molecule has 2 fully saturated rings. The standard InChI is InChI=1S/C19H25F3N2O/c1-23(12-13-5-4-8-24-7-3-2-6-18(13)24)19(25)10-14-9-16(21)17(22)11-15(14)20/h9,11,13,18H,2-8,10,12H2,1H3/t13-,18+/m0/s1. The summed E-state index contributed by atoms with van der Waals surface area (Å²) >= 11 is 0. The zero-order valence-electron chi connectivity index (χ0n) is 14.6. The van der Waals surface area contributed by atoms with Crippen molar-refractivity contribution in [2.24, 2.45) is 5.92 Å². The highest BCUT2D eigenvalue weighted by atomic mass is 19.2. The second kappa shape index (κ2) is 7.77. The molecule has 0 radical (unpaired) electrons. The van der Waals surface area contributed by atoms with Gasteiger partial charge in [0.1, 0.15) is 5.82 Å². The molecule has 2 saturated heterocycles. The molecule has 0 saturated carbocycles. The number of hydrogen-bond donors (Lipinski definition) is 0. The van der Waals surface area contributed by atoms with Gasteiger partial charge in [-0.3, -0.25) is 4.79 Å². The van der Waals surface area contributed by atoms with E-state index in [2.05, 4.69) is 4.90 Å². The van der Waals surface area contributed by atoms with E-state index in [0.29, 0.717) is 24.6 Å². The Morgan fingerprint density at radius 2 is 1.80 bits per heavy atom. The lowest BCUT2D eigenvalue weighted by atomic mass is 9.83. The molecular weight excluding hydrogens is 329 g/mol. The van der Waals surface area contributed by atoms with Crippen molar-refractivity contribution in [2.45, 2.75) is 44.6 Å². The van der Waals surface area contributed by atoms with Crippen LogP contribution in [0.5, 0.6) is 0 Å². The largest absolute Gasteiger partial charge is 0.345 e. The fraction of sp³-hybridized carbons (Fsp3) is 0.632. The zero-order valence-corrected chi connectivity index (χ0v) is 14.6. The zero-order chi connectivity index (χ0) is 18.0. The second-order valence-electron chi connectivity index (χ2n) is 7.31. The molecule has 3 rings (SSSR count). The maximum atomic E-state index is 13.8. The smallest absolute Gasteiger partial charge is 0.226 e. The van der Waals surface area contributed by atoms with Gasteiger partial charge >= 0.3 is 0 Å². The minimum atomic E-state index is -1.23. The molecule has 1 aromatic carbocycles. The fourth-order valence-corrected chi connectivity index (χ4v) is 4.24. The topological polar surface area (TPSA) is 23.6 Å². The third-order valence-corrected chi connectivity index (χ3v) is 5.59. The van der Waals surface area contributed by atoms with E-state index in [9.17, 15) is 18.0 Å². The Labute approximate surface area is 146 Å². The lowest BCUT2D eigenvalue weighted by Gasteiger charge is -2.45. The van der Waals surface area contributed by atoms with Gasteiger partial charge in [0.25, 0.3) is 0 Å². The van der Waals surface area contributed by atoms with E-state index in [1.807, 2.05) is 0 Å². The molecule has 0 N–H and O–H groups in total. The van der Waals surface area contributed by atoms with Gasteiger partial charge < -0.3 is 9.80 Å². The highest BCUT2D eigenvalue weighted by Crippen LogP contribution is 2.31. The average Bonchev–Trinajstić information content (AvgIpc) is 2.60. The van der Waals surface area contributed by atoms with Crippen LogP contribution in [0.25, 0.3) is 0 Å². The van der Waals surface area contributed by atoms with Crippen LogP contribution in [0.4, 0.5) is 13.2 Å². The molecule has 1 amide bonds. The average molecular weight is 354 g/mol. The molecule has 3 nitrogen and oxygen atoms in total. The highest BCUT2D eigenvalue weighted by molar-refractivity contribution is 5.78. The molecule has 6 heteroatoms. The number of halogens is 3. The van der Waals surface area contributed by atoms with E-state index in [4.69, 9.17) is 0 Å². The molecule has 138 valence electrons. The van der Waals surface area contributed by atoms with Crippen molar-refractivity contribution in [3.63, 3.8) is 0 Å². The fourth-order valence-electron chi connectivity index (χ4n) is 4.24. The molecule has 1 aromatic rings. The number of rotatable bonds is 4. The summed E-state index contributed by atoms with van der Waals surface area (Å²) in [4.78, 5) is 16.6. The normalized spacial score (nSPS) is 24.0. The number of likely N-dealkylation sites (N-methyl/N-ethyl adjacent to an activating group) is 1. The summed E-state index contributed by atoms with van der Waals surface area (Å²) in [5.74, 6) is -3.08. The molecule has 2 atom stereocenters. The predicted molar refractivity (Wildman–Crippen MR) is 89.6 cm³/mol. The van der Waals surface area contributed by atoms with Crippen LogP contribution in [0, 0.1) is 23.4 Å². The quantitative estimate of drug-likeness (QED) is 0.774. The van der Waals surface area contributed by atoms with E-state index in [1.54, 1.807) is 11.9 Å². The van der Waals surface area contributed by atoms with E-state index in [-0.39, 0.29) is 17.9 Å². The lowest BCUT2D eigenvalue weighted by molar-refractivity contribution is -0.130. The van der Waals surface area contributed by atoms with Crippen LogP contribution in [0.1, 0.15) is 37.7 Å². The maximum Gasteiger partial charge on any atom is 0.226 e. The van der Waals surface area contributed by atoms with E-state index in [1.165, 1.54) is 19.3 Å². The van der Waals surface area contributed by atoms with Crippen molar-refractivity contribution in [2.75, 3.05) is 26.7 Å². The summed E-state index contributed by atoms with van der Waals surface area (Å²) in [6.45, 7) is 2.91. The molecular formula is C19H25F3N2O. The Hall–Kier alpha value is -1.56. The first-order valence-electron chi connectivity index (χ1n) is 9.07. The van der Waals surface area contributed by atoms with Gasteiger partial charge in [-0.25, -0.2) is 13.2 Å². The molecule has 2 aliphatic heterocycles. The first-order valence-corrected chi connectivity index (χ1v) is 9.07. The number of benzene rings is 1. The van der Waals surface area contributed by atoms with E-state index < -0.39 is 17.5 Å². The Bertz CT molecular complexity index is 635. The van der Waals surface area contributed by atoms with Gasteiger partial charge in [-0.1, -0.05) is 6.42 Å². The first-order chi connectivity index (χ1) is 12.0. The Kier molecular flexibility index (Phi) is 5.67. The summed E-state index contributed by atoms with van der Waals surface area (Å²) in [5.41, 5.74) is -0.0984. The highest BCUT2D eigenvalue weighted by Gasteiger charge is 2.34. The Balaban J connectivity index is 1.61. The third-order valence-electron chi connectivity index (χ3n) is 5.59. The number of amides is 1. The van der Waals surface area contributed by atoms with Crippen molar-refractivity contribution >= 4 is 5.91 Å². The van der Waals surface area contributed by atoms with Gasteiger partial charge in [0.2, 0.25) is 5.91 Å². The SMILES string of the molecule is CN(C[C@@H]1CCCN2CCCC[C@H]12)C(=O)Cc1cc(F)c(F)cc1F. The monoisotopic (exact) mass is 354 g/mol. The van der Waals surface area contributed by atoms with Crippen molar-refractivity contribution in [1.82, 2.24) is 9.80 Å². The molecule has 0 bridgehead atoms. The van der Waals surface area contributed by atoms with Crippen LogP contribution in [-0.4, -0.2) is 48.4 Å². The maximum absolute atomic E-state index is 13.8. The van der Waals surface area contributed by atoms with Gasteiger partial charge in [0.15, 0.2) is 11.6 Å². The van der Waals surface area contributed by atoms with Crippen molar-refractivity contribution in [3.8, 4) is 0 Å². The summed E-state index contributed by atoms with van der Waals surface area (Å²) in [5, 5.41) is 0. The van der Waals surface area contributed by atoms with Crippen LogP contribution < -0.4 is 0 Å². The van der Waals surface area contributed by atoms with Crippen molar-refractivity contribution in [1.29, 1.82) is 0 Å². The van der Waals surface area contributed by atoms with E-state index >= 15 is 0 Å². The molecule has 0 spiro atoms. The molecule has 25 heavy (non-hydrogen) atoms. The van der Waals surface area contributed by atoms with Crippen molar-refractivity contribution in [3.05, 3.63) is 35.1 Å². The summed E-state index contributed by atoms with van der Waals surface area (Å²) < 4.78 is 40.1. The van der Waals surface area contributed by atoms with E-state index in [0.717, 1.165) is 32.0 Å². The first kappa shape index (κ1) is 18.2. The third kappa shape index (κ3) is 4.17. The van der Waals surface area contributed by atoms with Gasteiger partial charge in [-0.15, -0.1) is 0 Å². The van der Waals surface area contributed by atoms with Gasteiger partial charge in [0.05, 0.1) is 6.42 Å². The number of hydrogen-bond acceptors (Lipinski definition) is 2. The van der Waals surface area contributed by atoms with Crippen LogP contribution >= 0.6 is 0 Å². The van der Waals surface area contributed by atoms with Gasteiger partial charge in [-0.2, -0.15) is 0 Å². The summed E-state index contributed by atoms with van der Waals surface area (Å²) in [6, 6.07) is 1.80.